The van der Waals surface area contributed by atoms with Crippen LogP contribution >= 0.6 is 0 Å². The van der Waals surface area contributed by atoms with E-state index in [-0.39, 0.29) is 0 Å². The molecular weight excluding hydrogens is 186 g/mol. The molecule has 2 nitrogen and oxygen atoms in total. The van der Waals surface area contributed by atoms with Gasteiger partial charge in [-0.05, 0) is 32.1 Å². The maximum atomic E-state index is 11.6. The van der Waals surface area contributed by atoms with Crippen molar-refractivity contribution in [3.8, 4) is 0 Å². The minimum Gasteiger partial charge on any atom is -0.343 e. The summed E-state index contributed by atoms with van der Waals surface area (Å²) >= 11 is 0. The maximum Gasteiger partial charge on any atom is 0.222 e. The molecule has 0 atom stereocenters. The molecule has 0 saturated carbocycles. The van der Waals surface area contributed by atoms with Gasteiger partial charge < -0.3 is 4.90 Å². The normalized spacial score (nSPS) is 15.6. The quantitative estimate of drug-likeness (QED) is 0.466. The van der Waals surface area contributed by atoms with E-state index in [0.717, 1.165) is 32.4 Å². The third-order valence-electron chi connectivity index (χ3n) is 3.01. The van der Waals surface area contributed by atoms with E-state index in [1.54, 1.807) is 0 Å². The van der Waals surface area contributed by atoms with Gasteiger partial charge in [-0.15, -0.1) is 6.58 Å². The van der Waals surface area contributed by atoms with Crippen LogP contribution in [0.15, 0.2) is 12.7 Å². The second-order valence-electron chi connectivity index (χ2n) is 4.33. The molecule has 1 heterocycles. The molecule has 0 bridgehead atoms. The first-order valence-corrected chi connectivity index (χ1v) is 6.23. The fourth-order valence-corrected chi connectivity index (χ4v) is 2.04. The summed E-state index contributed by atoms with van der Waals surface area (Å²) in [5.74, 6) is 0.372. The van der Waals surface area contributed by atoms with Crippen LogP contribution in [0.4, 0.5) is 0 Å². The van der Waals surface area contributed by atoms with Gasteiger partial charge in [0.25, 0.3) is 0 Å². The number of likely N-dealkylation sites (tertiary alicyclic amines) is 1. The van der Waals surface area contributed by atoms with E-state index in [1.165, 1.54) is 32.1 Å². The summed E-state index contributed by atoms with van der Waals surface area (Å²) in [6.45, 7) is 5.69. The lowest BCUT2D eigenvalue weighted by molar-refractivity contribution is -0.130. The topological polar surface area (TPSA) is 20.3 Å². The predicted octanol–water partition coefficient (Wildman–Crippen LogP) is 3.14. The Kier molecular flexibility index (Phi) is 6.14. The zero-order chi connectivity index (χ0) is 10.9. The smallest absolute Gasteiger partial charge is 0.222 e. The molecule has 0 N–H and O–H groups in total. The number of rotatable bonds is 7. The molecule has 0 aliphatic carbocycles. The summed E-state index contributed by atoms with van der Waals surface area (Å²) in [4.78, 5) is 13.7. The fourth-order valence-electron chi connectivity index (χ4n) is 2.04. The van der Waals surface area contributed by atoms with Gasteiger partial charge in [-0.25, -0.2) is 0 Å². The van der Waals surface area contributed by atoms with Crippen molar-refractivity contribution >= 4 is 5.91 Å². The van der Waals surface area contributed by atoms with Crippen LogP contribution in [0.3, 0.4) is 0 Å². The Hall–Kier alpha value is -0.790. The van der Waals surface area contributed by atoms with Crippen molar-refractivity contribution in [3.05, 3.63) is 12.7 Å². The molecule has 1 rings (SSSR count). The number of carbonyl (C=O) groups is 1. The van der Waals surface area contributed by atoms with E-state index >= 15 is 0 Å². The van der Waals surface area contributed by atoms with E-state index in [2.05, 4.69) is 6.58 Å². The molecule has 0 aromatic carbocycles. The predicted molar refractivity (Wildman–Crippen MR) is 63.7 cm³/mol. The van der Waals surface area contributed by atoms with Crippen LogP contribution in [0.5, 0.6) is 0 Å². The monoisotopic (exact) mass is 209 g/mol. The SMILES string of the molecule is C=CCCCCCCC(=O)N1CCCC1. The molecule has 0 spiro atoms. The first-order chi connectivity index (χ1) is 7.34. The first kappa shape index (κ1) is 12.3. The number of allylic oxidation sites excluding steroid dienone is 1. The number of hydrogen-bond donors (Lipinski definition) is 0. The largest absolute Gasteiger partial charge is 0.343 e. The Balaban J connectivity index is 1.94. The van der Waals surface area contributed by atoms with Crippen LogP contribution in [0.2, 0.25) is 0 Å². The molecule has 0 radical (unpaired) electrons. The highest BCUT2D eigenvalue weighted by Gasteiger charge is 2.16. The number of nitrogens with zero attached hydrogens (tertiary/aromatic N) is 1. The van der Waals surface area contributed by atoms with Crippen LogP contribution in [0, 0.1) is 0 Å². The molecule has 1 amide bonds. The first-order valence-electron chi connectivity index (χ1n) is 6.23. The van der Waals surface area contributed by atoms with Crippen molar-refractivity contribution in [3.63, 3.8) is 0 Å². The summed E-state index contributed by atoms with van der Waals surface area (Å²) in [5.41, 5.74) is 0. The van der Waals surface area contributed by atoms with Crippen molar-refractivity contribution in [1.82, 2.24) is 4.90 Å². The molecule has 1 fully saturated rings. The molecule has 1 saturated heterocycles. The van der Waals surface area contributed by atoms with E-state index in [1.807, 2.05) is 11.0 Å². The summed E-state index contributed by atoms with van der Waals surface area (Å²) < 4.78 is 0. The van der Waals surface area contributed by atoms with Crippen LogP contribution in [-0.2, 0) is 4.79 Å². The standard InChI is InChI=1S/C13H23NO/c1-2-3-4-5-6-7-10-13(15)14-11-8-9-12-14/h2H,1,3-12H2. The lowest BCUT2D eigenvalue weighted by Gasteiger charge is -2.14. The Morgan fingerprint density at radius 1 is 1.13 bits per heavy atom. The van der Waals surface area contributed by atoms with Crippen molar-refractivity contribution in [2.75, 3.05) is 13.1 Å². The second kappa shape index (κ2) is 7.49. The third kappa shape index (κ3) is 5.01. The van der Waals surface area contributed by atoms with Gasteiger partial charge in [-0.2, -0.15) is 0 Å². The lowest BCUT2D eigenvalue weighted by Crippen LogP contribution is -2.27. The molecule has 0 aromatic heterocycles. The summed E-state index contributed by atoms with van der Waals surface area (Å²) in [7, 11) is 0. The van der Waals surface area contributed by atoms with Gasteiger partial charge in [0.2, 0.25) is 5.91 Å². The Morgan fingerprint density at radius 3 is 2.47 bits per heavy atom. The van der Waals surface area contributed by atoms with Gasteiger partial charge in [0, 0.05) is 19.5 Å². The highest BCUT2D eigenvalue weighted by Crippen LogP contribution is 2.12. The van der Waals surface area contributed by atoms with E-state index in [9.17, 15) is 4.79 Å². The molecule has 86 valence electrons. The molecule has 2 heteroatoms. The zero-order valence-corrected chi connectivity index (χ0v) is 9.71. The molecular formula is C13H23NO. The maximum absolute atomic E-state index is 11.6. The Morgan fingerprint density at radius 2 is 1.80 bits per heavy atom. The van der Waals surface area contributed by atoms with E-state index in [4.69, 9.17) is 0 Å². The van der Waals surface area contributed by atoms with Crippen molar-refractivity contribution in [2.45, 2.75) is 51.4 Å². The van der Waals surface area contributed by atoms with Gasteiger partial charge in [0.15, 0.2) is 0 Å². The zero-order valence-electron chi connectivity index (χ0n) is 9.71. The molecule has 1 aliphatic heterocycles. The third-order valence-corrected chi connectivity index (χ3v) is 3.01. The van der Waals surface area contributed by atoms with Gasteiger partial charge in [-0.3, -0.25) is 4.79 Å². The van der Waals surface area contributed by atoms with Crippen LogP contribution in [0.1, 0.15) is 51.4 Å². The number of hydrogen-bond acceptors (Lipinski definition) is 1. The Labute approximate surface area is 93.3 Å². The minimum absolute atomic E-state index is 0.372. The highest BCUT2D eigenvalue weighted by molar-refractivity contribution is 5.76. The number of amides is 1. The number of carbonyl (C=O) groups excluding carboxylic acids is 1. The van der Waals surface area contributed by atoms with Crippen molar-refractivity contribution in [2.24, 2.45) is 0 Å². The van der Waals surface area contributed by atoms with Crippen LogP contribution in [-0.4, -0.2) is 23.9 Å². The fraction of sp³-hybridized carbons (Fsp3) is 0.769. The summed E-state index contributed by atoms with van der Waals surface area (Å²) in [6.07, 6.45) is 10.9. The Bertz CT molecular complexity index is 195. The minimum atomic E-state index is 0.372. The molecule has 1 aliphatic rings. The number of unbranched alkanes of at least 4 members (excludes halogenated alkanes) is 4. The van der Waals surface area contributed by atoms with Gasteiger partial charge in [0.05, 0.1) is 0 Å². The van der Waals surface area contributed by atoms with Crippen LogP contribution in [0.25, 0.3) is 0 Å². The molecule has 0 aromatic rings. The molecule has 15 heavy (non-hydrogen) atoms. The highest BCUT2D eigenvalue weighted by atomic mass is 16.2. The second-order valence-corrected chi connectivity index (χ2v) is 4.33. The van der Waals surface area contributed by atoms with Crippen LogP contribution < -0.4 is 0 Å². The van der Waals surface area contributed by atoms with E-state index in [0.29, 0.717) is 5.91 Å². The van der Waals surface area contributed by atoms with Gasteiger partial charge in [-0.1, -0.05) is 18.9 Å². The molecule has 0 unspecified atom stereocenters. The van der Waals surface area contributed by atoms with Gasteiger partial charge in [0.1, 0.15) is 0 Å². The average Bonchev–Trinajstić information content (AvgIpc) is 2.76. The van der Waals surface area contributed by atoms with E-state index < -0.39 is 0 Å². The summed E-state index contributed by atoms with van der Waals surface area (Å²) in [5, 5.41) is 0. The average molecular weight is 209 g/mol. The van der Waals surface area contributed by atoms with Gasteiger partial charge >= 0.3 is 0 Å². The van der Waals surface area contributed by atoms with Crippen molar-refractivity contribution < 1.29 is 4.79 Å². The lowest BCUT2D eigenvalue weighted by atomic mass is 10.1. The summed E-state index contributed by atoms with van der Waals surface area (Å²) in [6, 6.07) is 0. The van der Waals surface area contributed by atoms with Crippen molar-refractivity contribution in [1.29, 1.82) is 0 Å².